The lowest BCUT2D eigenvalue weighted by Gasteiger charge is -2.19. The van der Waals surface area contributed by atoms with Crippen LogP contribution in [0.15, 0.2) is 66.7 Å². The van der Waals surface area contributed by atoms with E-state index in [1.54, 1.807) is 41.3 Å². The fourth-order valence-corrected chi connectivity index (χ4v) is 4.04. The number of benzene rings is 3. The lowest BCUT2D eigenvalue weighted by molar-refractivity contribution is -0.122. The van der Waals surface area contributed by atoms with Crippen molar-refractivity contribution in [1.82, 2.24) is 0 Å². The Kier molecular flexibility index (Phi) is 7.01. The maximum atomic E-state index is 13.1. The lowest BCUT2D eigenvalue weighted by atomic mass is 10.1. The van der Waals surface area contributed by atoms with Crippen LogP contribution >= 0.6 is 0 Å². The smallest absolute Gasteiger partial charge is 0.255 e. The van der Waals surface area contributed by atoms with Crippen LogP contribution in [-0.4, -0.2) is 38.5 Å². The summed E-state index contributed by atoms with van der Waals surface area (Å²) in [6, 6.07) is 19.6. The third-order valence-corrected chi connectivity index (χ3v) is 5.87. The van der Waals surface area contributed by atoms with E-state index in [9.17, 15) is 14.4 Å². The molecule has 0 aliphatic carbocycles. The number of methoxy groups -OCH3 is 2. The van der Waals surface area contributed by atoms with Gasteiger partial charge in [0.15, 0.2) is 0 Å². The molecule has 3 amide bonds. The van der Waals surface area contributed by atoms with E-state index >= 15 is 0 Å². The van der Waals surface area contributed by atoms with Gasteiger partial charge in [0, 0.05) is 36.3 Å². The molecular formula is C27H27N3O5. The van der Waals surface area contributed by atoms with E-state index in [-0.39, 0.29) is 24.1 Å². The largest absolute Gasteiger partial charge is 0.494 e. The first-order chi connectivity index (χ1) is 16.9. The molecule has 35 heavy (non-hydrogen) atoms. The zero-order valence-electron chi connectivity index (χ0n) is 19.8. The summed E-state index contributed by atoms with van der Waals surface area (Å²) < 4.78 is 10.9. The molecule has 1 atom stereocenters. The fraction of sp³-hybridized carbons (Fsp3) is 0.222. The highest BCUT2D eigenvalue weighted by molar-refractivity contribution is 6.06. The molecule has 0 radical (unpaired) electrons. The minimum atomic E-state index is -0.517. The quantitative estimate of drug-likeness (QED) is 0.535. The second-order valence-electron chi connectivity index (χ2n) is 8.31. The van der Waals surface area contributed by atoms with Crippen LogP contribution in [0, 0.1) is 12.8 Å². The molecule has 8 nitrogen and oxygen atoms in total. The molecule has 1 saturated heterocycles. The molecule has 1 fully saturated rings. The van der Waals surface area contributed by atoms with Crippen LogP contribution < -0.4 is 25.0 Å². The van der Waals surface area contributed by atoms with Crippen molar-refractivity contribution in [2.45, 2.75) is 13.3 Å². The second-order valence-corrected chi connectivity index (χ2v) is 8.31. The molecule has 180 valence electrons. The Morgan fingerprint density at radius 2 is 1.54 bits per heavy atom. The Bertz CT molecular complexity index is 1260. The van der Waals surface area contributed by atoms with E-state index in [1.165, 1.54) is 14.2 Å². The van der Waals surface area contributed by atoms with E-state index in [0.29, 0.717) is 35.0 Å². The van der Waals surface area contributed by atoms with E-state index in [2.05, 4.69) is 10.6 Å². The Morgan fingerprint density at radius 1 is 0.886 bits per heavy atom. The number of carbonyl (C=O) groups excluding carboxylic acids is 3. The number of ether oxygens (including phenoxy) is 2. The van der Waals surface area contributed by atoms with Crippen molar-refractivity contribution in [3.8, 4) is 11.5 Å². The first-order valence-corrected chi connectivity index (χ1v) is 11.2. The predicted octanol–water partition coefficient (Wildman–Crippen LogP) is 4.26. The van der Waals surface area contributed by atoms with Crippen molar-refractivity contribution in [2.75, 3.05) is 36.3 Å². The van der Waals surface area contributed by atoms with Crippen LogP contribution in [0.4, 0.5) is 17.1 Å². The van der Waals surface area contributed by atoms with Crippen LogP contribution in [0.2, 0.25) is 0 Å². The highest BCUT2D eigenvalue weighted by Gasteiger charge is 2.35. The van der Waals surface area contributed by atoms with E-state index in [1.807, 2.05) is 37.3 Å². The summed E-state index contributed by atoms with van der Waals surface area (Å²) in [5, 5.41) is 5.67. The van der Waals surface area contributed by atoms with Gasteiger partial charge in [0.1, 0.15) is 11.5 Å². The minimum absolute atomic E-state index is 0.0979. The fourth-order valence-electron chi connectivity index (χ4n) is 4.04. The van der Waals surface area contributed by atoms with Gasteiger partial charge in [-0.05, 0) is 36.8 Å². The molecule has 1 aliphatic heterocycles. The monoisotopic (exact) mass is 473 g/mol. The maximum Gasteiger partial charge on any atom is 0.255 e. The Balaban J connectivity index is 1.51. The maximum absolute atomic E-state index is 13.1. The van der Waals surface area contributed by atoms with Gasteiger partial charge < -0.3 is 25.0 Å². The molecule has 3 aromatic rings. The van der Waals surface area contributed by atoms with E-state index < -0.39 is 5.92 Å². The summed E-state index contributed by atoms with van der Waals surface area (Å²) in [5.41, 5.74) is 3.10. The average Bonchev–Trinajstić information content (AvgIpc) is 3.26. The summed E-state index contributed by atoms with van der Waals surface area (Å²) in [6.45, 7) is 2.25. The highest BCUT2D eigenvalue weighted by Crippen LogP contribution is 2.37. The SMILES string of the molecule is COc1cc(NC(=O)C2CC(=O)N(c3cccc(C)c3)C2)c(OC)cc1NC(=O)c1ccccc1. The first kappa shape index (κ1) is 23.8. The highest BCUT2D eigenvalue weighted by atomic mass is 16.5. The first-order valence-electron chi connectivity index (χ1n) is 11.2. The number of aryl methyl sites for hydroxylation is 1. The van der Waals surface area contributed by atoms with Crippen LogP contribution in [-0.2, 0) is 9.59 Å². The van der Waals surface area contributed by atoms with Gasteiger partial charge in [-0.15, -0.1) is 0 Å². The third-order valence-electron chi connectivity index (χ3n) is 5.87. The van der Waals surface area contributed by atoms with E-state index in [4.69, 9.17) is 9.47 Å². The minimum Gasteiger partial charge on any atom is -0.494 e. The van der Waals surface area contributed by atoms with Gasteiger partial charge >= 0.3 is 0 Å². The summed E-state index contributed by atoms with van der Waals surface area (Å²) >= 11 is 0. The van der Waals surface area contributed by atoms with Gasteiger partial charge in [-0.25, -0.2) is 0 Å². The molecule has 0 bridgehead atoms. The molecule has 1 unspecified atom stereocenters. The standard InChI is InChI=1S/C27H27N3O5/c1-17-8-7-11-20(12-17)30-16-19(13-25(30)31)27(33)29-22-15-23(34-2)21(14-24(22)35-3)28-26(32)18-9-5-4-6-10-18/h4-12,14-15,19H,13,16H2,1-3H3,(H,28,32)(H,29,33). The van der Waals surface area contributed by atoms with Crippen LogP contribution in [0.5, 0.6) is 11.5 Å². The molecule has 1 heterocycles. The number of hydrogen-bond acceptors (Lipinski definition) is 5. The van der Waals surface area contributed by atoms with Crippen LogP contribution in [0.3, 0.4) is 0 Å². The molecule has 0 aromatic heterocycles. The van der Waals surface area contributed by atoms with Gasteiger partial charge in [0.2, 0.25) is 11.8 Å². The van der Waals surface area contributed by atoms with Crippen molar-refractivity contribution >= 4 is 34.8 Å². The normalized spacial score (nSPS) is 15.0. The number of rotatable bonds is 7. The van der Waals surface area contributed by atoms with E-state index in [0.717, 1.165) is 11.3 Å². The number of hydrogen-bond donors (Lipinski definition) is 2. The number of anilines is 3. The van der Waals surface area contributed by atoms with Gasteiger partial charge in [0.05, 0.1) is 31.5 Å². The number of amides is 3. The molecular weight excluding hydrogens is 446 g/mol. The van der Waals surface area contributed by atoms with Crippen LogP contribution in [0.1, 0.15) is 22.3 Å². The van der Waals surface area contributed by atoms with Gasteiger partial charge in [-0.3, -0.25) is 14.4 Å². The van der Waals surface area contributed by atoms with Crippen molar-refractivity contribution in [3.63, 3.8) is 0 Å². The van der Waals surface area contributed by atoms with Crippen LogP contribution in [0.25, 0.3) is 0 Å². The molecule has 1 aliphatic rings. The van der Waals surface area contributed by atoms with Gasteiger partial charge in [-0.1, -0.05) is 30.3 Å². The lowest BCUT2D eigenvalue weighted by Crippen LogP contribution is -2.28. The topological polar surface area (TPSA) is 97.0 Å². The summed E-state index contributed by atoms with van der Waals surface area (Å²) in [6.07, 6.45) is 0.116. The third kappa shape index (κ3) is 5.27. The molecule has 4 rings (SSSR count). The predicted molar refractivity (Wildman–Crippen MR) is 134 cm³/mol. The summed E-state index contributed by atoms with van der Waals surface area (Å²) in [5.74, 6) is -0.509. The van der Waals surface area contributed by atoms with Gasteiger partial charge in [-0.2, -0.15) is 0 Å². The number of nitrogens with one attached hydrogen (secondary N) is 2. The Hall–Kier alpha value is -4.33. The molecule has 0 saturated carbocycles. The van der Waals surface area contributed by atoms with Crippen molar-refractivity contribution in [3.05, 3.63) is 77.9 Å². The summed E-state index contributed by atoms with van der Waals surface area (Å²) in [4.78, 5) is 39.9. The Labute approximate surface area is 203 Å². The van der Waals surface area contributed by atoms with Crippen molar-refractivity contribution in [1.29, 1.82) is 0 Å². The van der Waals surface area contributed by atoms with Gasteiger partial charge in [0.25, 0.3) is 5.91 Å². The zero-order valence-corrected chi connectivity index (χ0v) is 19.8. The second kappa shape index (κ2) is 10.3. The molecule has 3 aromatic carbocycles. The summed E-state index contributed by atoms with van der Waals surface area (Å²) in [7, 11) is 2.94. The Morgan fingerprint density at radius 3 is 2.17 bits per heavy atom. The zero-order chi connectivity index (χ0) is 24.9. The average molecular weight is 474 g/mol. The number of nitrogens with zero attached hydrogens (tertiary/aromatic N) is 1. The molecule has 0 spiro atoms. The molecule has 8 heteroatoms. The molecule has 2 N–H and O–H groups in total. The number of carbonyl (C=O) groups is 3. The van der Waals surface area contributed by atoms with Crippen molar-refractivity contribution in [2.24, 2.45) is 5.92 Å². The van der Waals surface area contributed by atoms with Crippen molar-refractivity contribution < 1.29 is 23.9 Å².